The topological polar surface area (TPSA) is 36.3 Å². The minimum absolute atomic E-state index is 0.784. The molecule has 0 saturated carbocycles. The molecule has 0 N–H and O–H groups in total. The number of hydrogen-bond acceptors (Lipinski definition) is 3. The Morgan fingerprint density at radius 3 is 2.30 bits per heavy atom. The Kier molecular flexibility index (Phi) is 5.75. The van der Waals surface area contributed by atoms with Crippen LogP contribution < -0.4 is 9.64 Å². The number of fused-ring (bicyclic) bond motifs is 1. The predicted molar refractivity (Wildman–Crippen MR) is 137 cm³/mol. The summed E-state index contributed by atoms with van der Waals surface area (Å²) in [6, 6.07) is 28.0. The van der Waals surface area contributed by atoms with Crippen molar-refractivity contribution in [1.29, 1.82) is 5.26 Å². The van der Waals surface area contributed by atoms with Gasteiger partial charge in [-0.3, -0.25) is 0 Å². The van der Waals surface area contributed by atoms with Gasteiger partial charge in [-0.2, -0.15) is 5.26 Å². The summed E-state index contributed by atoms with van der Waals surface area (Å²) < 4.78 is 5.39. The van der Waals surface area contributed by atoms with Crippen LogP contribution in [0.1, 0.15) is 30.4 Å². The minimum atomic E-state index is 0.784. The Morgan fingerprint density at radius 1 is 0.848 bits per heavy atom. The summed E-state index contributed by atoms with van der Waals surface area (Å²) in [6.07, 6.45) is 3.61. The molecule has 164 valence electrons. The van der Waals surface area contributed by atoms with Crippen molar-refractivity contribution < 1.29 is 4.74 Å². The molecule has 1 saturated heterocycles. The molecule has 0 unspecified atom stereocenters. The first-order valence-electron chi connectivity index (χ1n) is 11.7. The second kappa shape index (κ2) is 9.00. The maximum atomic E-state index is 10.2. The van der Waals surface area contributed by atoms with E-state index in [9.17, 15) is 5.26 Å². The van der Waals surface area contributed by atoms with Gasteiger partial charge in [-0.1, -0.05) is 54.6 Å². The van der Waals surface area contributed by atoms with E-state index in [0.29, 0.717) is 0 Å². The molecule has 3 nitrogen and oxygen atoms in total. The summed E-state index contributed by atoms with van der Waals surface area (Å²) in [5, 5.41) is 12.7. The fraction of sp³-hybridized carbons (Fsp3) is 0.233. The molecule has 1 heterocycles. The van der Waals surface area contributed by atoms with Gasteiger partial charge in [0.05, 0.1) is 18.4 Å². The van der Waals surface area contributed by atoms with E-state index in [2.05, 4.69) is 78.6 Å². The fourth-order valence-electron chi connectivity index (χ4n) is 5.13. The zero-order valence-electron chi connectivity index (χ0n) is 19.3. The molecular weight excluding hydrogens is 404 g/mol. The Labute approximate surface area is 195 Å². The van der Waals surface area contributed by atoms with E-state index >= 15 is 0 Å². The zero-order valence-corrected chi connectivity index (χ0v) is 19.3. The van der Waals surface area contributed by atoms with E-state index in [-0.39, 0.29) is 0 Å². The summed E-state index contributed by atoms with van der Waals surface area (Å²) in [4.78, 5) is 2.40. The molecule has 5 rings (SSSR count). The molecule has 1 fully saturated rings. The van der Waals surface area contributed by atoms with Crippen molar-refractivity contribution >= 4 is 16.5 Å². The summed E-state index contributed by atoms with van der Waals surface area (Å²) in [6.45, 7) is 4.11. The van der Waals surface area contributed by atoms with Gasteiger partial charge in [-0.15, -0.1) is 0 Å². The van der Waals surface area contributed by atoms with E-state index in [1.54, 1.807) is 7.11 Å². The molecule has 0 atom stereocenters. The first kappa shape index (κ1) is 21.1. The molecule has 1 aliphatic heterocycles. The van der Waals surface area contributed by atoms with Gasteiger partial charge in [0.2, 0.25) is 0 Å². The highest BCUT2D eigenvalue weighted by Crippen LogP contribution is 2.43. The number of anilines is 1. The number of methoxy groups -OCH3 is 1. The number of rotatable bonds is 4. The third kappa shape index (κ3) is 3.83. The summed E-state index contributed by atoms with van der Waals surface area (Å²) in [7, 11) is 1.68. The number of hydrogen-bond donors (Lipinski definition) is 0. The van der Waals surface area contributed by atoms with E-state index < -0.39 is 0 Å². The van der Waals surface area contributed by atoms with Gasteiger partial charge < -0.3 is 9.64 Å². The highest BCUT2D eigenvalue weighted by Gasteiger charge is 2.23. The maximum Gasteiger partial charge on any atom is 0.118 e. The zero-order chi connectivity index (χ0) is 22.8. The van der Waals surface area contributed by atoms with Gasteiger partial charge in [0.25, 0.3) is 0 Å². The van der Waals surface area contributed by atoms with Gasteiger partial charge in [0.1, 0.15) is 11.8 Å². The highest BCUT2D eigenvalue weighted by atomic mass is 16.5. The quantitative estimate of drug-likeness (QED) is 0.338. The molecule has 0 radical (unpaired) electrons. The molecule has 0 bridgehead atoms. The first-order valence-corrected chi connectivity index (χ1v) is 11.7. The van der Waals surface area contributed by atoms with Crippen LogP contribution >= 0.6 is 0 Å². The Hall–Kier alpha value is -3.77. The van der Waals surface area contributed by atoms with Crippen LogP contribution in [0.25, 0.3) is 33.0 Å². The monoisotopic (exact) mass is 432 g/mol. The van der Waals surface area contributed by atoms with Gasteiger partial charge in [-0.05, 0) is 83.0 Å². The number of piperidine rings is 1. The predicted octanol–water partition coefficient (Wildman–Crippen LogP) is 7.35. The van der Waals surface area contributed by atoms with E-state index in [1.165, 1.54) is 41.2 Å². The average Bonchev–Trinajstić information content (AvgIpc) is 2.88. The molecule has 33 heavy (non-hydrogen) atoms. The number of benzene rings is 4. The van der Waals surface area contributed by atoms with Crippen molar-refractivity contribution in [3.8, 4) is 34.1 Å². The van der Waals surface area contributed by atoms with Crippen molar-refractivity contribution in [2.75, 3.05) is 25.1 Å². The smallest absolute Gasteiger partial charge is 0.118 e. The van der Waals surface area contributed by atoms with Crippen molar-refractivity contribution in [3.63, 3.8) is 0 Å². The summed E-state index contributed by atoms with van der Waals surface area (Å²) in [5.41, 5.74) is 7.47. The SMILES string of the molecule is COc1ccc(-c2c(-c3cccc4ccccc34)cc(N3CCCCC3)c(C#N)c2C)cc1. The second-order valence-electron chi connectivity index (χ2n) is 8.73. The average molecular weight is 433 g/mol. The Balaban J connectivity index is 1.82. The molecule has 0 aromatic heterocycles. The fourth-order valence-corrected chi connectivity index (χ4v) is 5.13. The van der Waals surface area contributed by atoms with Gasteiger partial charge in [-0.25, -0.2) is 0 Å². The van der Waals surface area contributed by atoms with Crippen LogP contribution in [0.3, 0.4) is 0 Å². The van der Waals surface area contributed by atoms with Crippen molar-refractivity contribution in [2.24, 2.45) is 0 Å². The number of nitriles is 1. The molecule has 3 heteroatoms. The standard InChI is InChI=1S/C30H28N2O/c1-21-28(20-31)29(32-17-6-3-7-18-32)19-27(30(21)23-13-15-24(33-2)16-14-23)26-12-8-10-22-9-4-5-11-25(22)26/h4-5,8-16,19H,3,6-7,17-18H2,1-2H3. The van der Waals surface area contributed by atoms with Crippen LogP contribution in [0, 0.1) is 18.3 Å². The van der Waals surface area contributed by atoms with E-state index in [4.69, 9.17) is 4.74 Å². The molecule has 0 amide bonds. The molecule has 4 aromatic carbocycles. The second-order valence-corrected chi connectivity index (χ2v) is 8.73. The number of ether oxygens (including phenoxy) is 1. The minimum Gasteiger partial charge on any atom is -0.497 e. The molecule has 1 aliphatic rings. The lowest BCUT2D eigenvalue weighted by Crippen LogP contribution is -2.30. The van der Waals surface area contributed by atoms with E-state index in [1.807, 2.05) is 12.1 Å². The van der Waals surface area contributed by atoms with Crippen molar-refractivity contribution in [1.82, 2.24) is 0 Å². The largest absolute Gasteiger partial charge is 0.497 e. The van der Waals surface area contributed by atoms with Gasteiger partial charge in [0.15, 0.2) is 0 Å². The van der Waals surface area contributed by atoms with Crippen LogP contribution in [-0.2, 0) is 0 Å². The Bertz CT molecular complexity index is 1340. The lowest BCUT2D eigenvalue weighted by molar-refractivity contribution is 0.415. The highest BCUT2D eigenvalue weighted by molar-refractivity contribution is 6.02. The number of nitrogens with zero attached hydrogens (tertiary/aromatic N) is 2. The third-order valence-electron chi connectivity index (χ3n) is 6.82. The maximum absolute atomic E-state index is 10.2. The van der Waals surface area contributed by atoms with E-state index in [0.717, 1.165) is 46.8 Å². The lowest BCUT2D eigenvalue weighted by atomic mass is 9.85. The van der Waals surface area contributed by atoms with Crippen LogP contribution in [-0.4, -0.2) is 20.2 Å². The van der Waals surface area contributed by atoms with Crippen LogP contribution in [0.2, 0.25) is 0 Å². The van der Waals surface area contributed by atoms with Crippen molar-refractivity contribution in [3.05, 3.63) is 83.9 Å². The first-order chi connectivity index (χ1) is 16.2. The van der Waals surface area contributed by atoms with Crippen LogP contribution in [0.4, 0.5) is 5.69 Å². The van der Waals surface area contributed by atoms with Crippen LogP contribution in [0.5, 0.6) is 5.75 Å². The molecule has 4 aromatic rings. The normalized spacial score (nSPS) is 13.7. The van der Waals surface area contributed by atoms with Crippen molar-refractivity contribution in [2.45, 2.75) is 26.2 Å². The lowest BCUT2D eigenvalue weighted by Gasteiger charge is -2.31. The third-order valence-corrected chi connectivity index (χ3v) is 6.82. The van der Waals surface area contributed by atoms with Gasteiger partial charge >= 0.3 is 0 Å². The summed E-state index contributed by atoms with van der Waals surface area (Å²) in [5.74, 6) is 0.827. The summed E-state index contributed by atoms with van der Waals surface area (Å²) >= 11 is 0. The molecule has 0 spiro atoms. The molecule has 0 aliphatic carbocycles. The molecular formula is C30H28N2O. The van der Waals surface area contributed by atoms with Crippen LogP contribution in [0.15, 0.2) is 72.8 Å². The van der Waals surface area contributed by atoms with Gasteiger partial charge in [0, 0.05) is 13.1 Å². The Morgan fingerprint density at radius 2 is 1.58 bits per heavy atom.